The van der Waals surface area contributed by atoms with Crippen molar-refractivity contribution >= 4 is 13.6 Å². The summed E-state index contributed by atoms with van der Waals surface area (Å²) in [6.45, 7) is 5.61. The predicted molar refractivity (Wildman–Crippen MR) is 50.2 cm³/mol. The molecule has 1 rings (SSSR count). The lowest BCUT2D eigenvalue weighted by molar-refractivity contribution is -0.167. The zero-order valence-electron chi connectivity index (χ0n) is 8.56. The van der Waals surface area contributed by atoms with Gasteiger partial charge in [-0.3, -0.25) is 9.36 Å². The zero-order chi connectivity index (χ0) is 10.8. The first-order chi connectivity index (χ1) is 6.55. The summed E-state index contributed by atoms with van der Waals surface area (Å²) in [7, 11) is -3.31. The van der Waals surface area contributed by atoms with Gasteiger partial charge in [0, 0.05) is 0 Å². The number of carbonyl (C=O) groups excluding carboxylic acids is 1. The fourth-order valence-corrected chi connectivity index (χ4v) is 3.39. The number of carbonyl (C=O) groups is 1. The molecule has 0 aliphatic carbocycles. The van der Waals surface area contributed by atoms with E-state index in [0.29, 0.717) is 0 Å². The van der Waals surface area contributed by atoms with E-state index in [1.807, 2.05) is 0 Å². The molecule has 1 aliphatic rings. The van der Waals surface area contributed by atoms with Gasteiger partial charge in [0.2, 0.25) is 0 Å². The summed E-state index contributed by atoms with van der Waals surface area (Å²) in [5.74, 6) is -0.497. The van der Waals surface area contributed by atoms with E-state index < -0.39 is 19.2 Å². The van der Waals surface area contributed by atoms with Crippen LogP contribution in [-0.4, -0.2) is 30.9 Å². The van der Waals surface area contributed by atoms with Gasteiger partial charge in [0.15, 0.2) is 5.66 Å². The maximum Gasteiger partial charge on any atom is 0.348 e. The van der Waals surface area contributed by atoms with Crippen molar-refractivity contribution in [1.82, 2.24) is 0 Å². The minimum atomic E-state index is -3.31. The van der Waals surface area contributed by atoms with Crippen LogP contribution in [0.15, 0.2) is 0 Å². The van der Waals surface area contributed by atoms with E-state index in [1.54, 1.807) is 20.8 Å². The molecule has 0 aromatic carbocycles. The molecule has 0 radical (unpaired) electrons. The van der Waals surface area contributed by atoms with Crippen LogP contribution in [0.25, 0.3) is 0 Å². The normalized spacial score (nSPS) is 26.9. The average Bonchev–Trinajstić information content (AvgIpc) is 2.03. The number of hydrogen-bond acceptors (Lipinski definition) is 5. The van der Waals surface area contributed by atoms with Crippen molar-refractivity contribution in [3.8, 4) is 0 Å². The molecule has 14 heavy (non-hydrogen) atoms. The summed E-state index contributed by atoms with van der Waals surface area (Å²) in [6.07, 6.45) is -0.383. The summed E-state index contributed by atoms with van der Waals surface area (Å²) in [5, 5.41) is 0. The van der Waals surface area contributed by atoms with Gasteiger partial charge in [0.25, 0.3) is 0 Å². The Morgan fingerprint density at radius 2 is 1.86 bits per heavy atom. The van der Waals surface area contributed by atoms with E-state index in [1.165, 1.54) is 0 Å². The molecule has 2 atom stereocenters. The average molecular weight is 222 g/mol. The molecular formula is C8H15O5P. The van der Waals surface area contributed by atoms with Crippen molar-refractivity contribution in [3.05, 3.63) is 0 Å². The molecule has 0 N–H and O–H groups in total. The Morgan fingerprint density at radius 1 is 1.36 bits per heavy atom. The number of esters is 1. The molecule has 1 aliphatic heterocycles. The molecule has 1 heterocycles. The highest BCUT2D eigenvalue weighted by Crippen LogP contribution is 2.57. The van der Waals surface area contributed by atoms with E-state index in [4.69, 9.17) is 13.8 Å². The fraction of sp³-hybridized carbons (Fsp3) is 0.875. The highest BCUT2D eigenvalue weighted by Gasteiger charge is 2.54. The van der Waals surface area contributed by atoms with Crippen LogP contribution in [0, 0.1) is 0 Å². The monoisotopic (exact) mass is 222 g/mol. The van der Waals surface area contributed by atoms with Crippen LogP contribution in [0.4, 0.5) is 0 Å². The molecule has 0 saturated carbocycles. The second-order valence-electron chi connectivity index (χ2n) is 2.96. The van der Waals surface area contributed by atoms with Gasteiger partial charge < -0.3 is 13.8 Å². The van der Waals surface area contributed by atoms with Gasteiger partial charge in [-0.1, -0.05) is 0 Å². The first-order valence-corrected chi connectivity index (χ1v) is 6.25. The summed E-state index contributed by atoms with van der Waals surface area (Å²) in [6, 6.07) is 0. The molecule has 0 aromatic rings. The van der Waals surface area contributed by atoms with Gasteiger partial charge in [-0.25, -0.2) is 0 Å². The third-order valence-electron chi connectivity index (χ3n) is 1.95. The first kappa shape index (κ1) is 11.7. The van der Waals surface area contributed by atoms with Crippen LogP contribution >= 0.6 is 7.60 Å². The first-order valence-electron chi connectivity index (χ1n) is 4.64. The van der Waals surface area contributed by atoms with Crippen LogP contribution in [0.1, 0.15) is 20.8 Å². The van der Waals surface area contributed by atoms with Crippen molar-refractivity contribution in [2.75, 3.05) is 13.2 Å². The van der Waals surface area contributed by atoms with Crippen molar-refractivity contribution in [2.24, 2.45) is 0 Å². The van der Waals surface area contributed by atoms with Crippen LogP contribution in [-0.2, 0) is 23.1 Å². The number of hydrogen-bond donors (Lipinski definition) is 0. The standard InChI is InChI=1S/C8H15O5P/c1-4-11-14(10,12-5-2)7-6(3)13-8(7)9/h6-7H,4-5H2,1-3H3/t6-,7-/m1/s1. The maximum absolute atomic E-state index is 12.1. The summed E-state index contributed by atoms with van der Waals surface area (Å²) < 4.78 is 26.9. The van der Waals surface area contributed by atoms with E-state index in [9.17, 15) is 9.36 Å². The minimum absolute atomic E-state index is 0.258. The molecule has 0 spiro atoms. The molecule has 0 aromatic heterocycles. The lowest BCUT2D eigenvalue weighted by atomic mass is 10.2. The van der Waals surface area contributed by atoms with Gasteiger partial charge in [-0.15, -0.1) is 0 Å². The van der Waals surface area contributed by atoms with Gasteiger partial charge in [0.05, 0.1) is 13.2 Å². The highest BCUT2D eigenvalue weighted by atomic mass is 31.2. The Balaban J connectivity index is 2.76. The quantitative estimate of drug-likeness (QED) is 0.521. The Morgan fingerprint density at radius 3 is 2.14 bits per heavy atom. The molecular weight excluding hydrogens is 207 g/mol. The van der Waals surface area contributed by atoms with Crippen LogP contribution in [0.2, 0.25) is 0 Å². The third kappa shape index (κ3) is 2.00. The van der Waals surface area contributed by atoms with Crippen molar-refractivity contribution in [1.29, 1.82) is 0 Å². The van der Waals surface area contributed by atoms with Gasteiger partial charge in [-0.2, -0.15) is 0 Å². The third-order valence-corrected chi connectivity index (χ3v) is 4.50. The summed E-state index contributed by atoms with van der Waals surface area (Å²) in [4.78, 5) is 11.1. The Labute approximate surface area is 83.3 Å². The zero-order valence-corrected chi connectivity index (χ0v) is 9.45. The lowest BCUT2D eigenvalue weighted by Gasteiger charge is -2.36. The van der Waals surface area contributed by atoms with E-state index in [2.05, 4.69) is 0 Å². The highest BCUT2D eigenvalue weighted by molar-refractivity contribution is 7.56. The predicted octanol–water partition coefficient (Wildman–Crippen LogP) is 1.57. The minimum Gasteiger partial charge on any atom is -0.460 e. The smallest absolute Gasteiger partial charge is 0.348 e. The van der Waals surface area contributed by atoms with Crippen LogP contribution in [0.5, 0.6) is 0 Å². The van der Waals surface area contributed by atoms with Crippen molar-refractivity contribution in [2.45, 2.75) is 32.5 Å². The molecule has 82 valence electrons. The summed E-state index contributed by atoms with van der Waals surface area (Å²) >= 11 is 0. The Bertz CT molecular complexity index is 254. The second kappa shape index (κ2) is 4.43. The van der Waals surface area contributed by atoms with Gasteiger partial charge in [0.1, 0.15) is 6.10 Å². The number of rotatable bonds is 5. The molecule has 0 amide bonds. The lowest BCUT2D eigenvalue weighted by Crippen LogP contribution is -2.48. The SMILES string of the molecule is CCOP(=O)(OCC)[C@H]1C(=O)O[C@@H]1C. The van der Waals surface area contributed by atoms with E-state index >= 15 is 0 Å². The van der Waals surface area contributed by atoms with Crippen molar-refractivity contribution in [3.63, 3.8) is 0 Å². The van der Waals surface area contributed by atoms with Crippen LogP contribution < -0.4 is 0 Å². The maximum atomic E-state index is 12.1. The Hall–Kier alpha value is -0.380. The molecule has 6 heteroatoms. The van der Waals surface area contributed by atoms with E-state index in [0.717, 1.165) is 0 Å². The molecule has 5 nitrogen and oxygen atoms in total. The molecule has 1 saturated heterocycles. The molecule has 0 bridgehead atoms. The largest absolute Gasteiger partial charge is 0.460 e. The van der Waals surface area contributed by atoms with Gasteiger partial charge in [-0.05, 0) is 20.8 Å². The second-order valence-corrected chi connectivity index (χ2v) is 5.11. The van der Waals surface area contributed by atoms with Crippen LogP contribution in [0.3, 0.4) is 0 Å². The fourth-order valence-electron chi connectivity index (χ4n) is 1.38. The topological polar surface area (TPSA) is 61.8 Å². The van der Waals surface area contributed by atoms with E-state index in [-0.39, 0.29) is 19.3 Å². The number of ether oxygens (including phenoxy) is 1. The number of cyclic esters (lactones) is 1. The Kier molecular flexibility index (Phi) is 3.70. The van der Waals surface area contributed by atoms with Crippen molar-refractivity contribution < 1.29 is 23.1 Å². The van der Waals surface area contributed by atoms with Gasteiger partial charge >= 0.3 is 13.6 Å². The molecule has 0 unspecified atom stereocenters. The summed E-state index contributed by atoms with van der Waals surface area (Å²) in [5.41, 5.74) is -0.748. The molecule has 1 fully saturated rings.